The van der Waals surface area contributed by atoms with E-state index in [2.05, 4.69) is 25.5 Å². The minimum atomic E-state index is -3.22. The Morgan fingerprint density at radius 3 is 2.53 bits per heavy atom. The van der Waals surface area contributed by atoms with Gasteiger partial charge in [-0.25, -0.2) is 23.1 Å². The summed E-state index contributed by atoms with van der Waals surface area (Å²) in [5.41, 5.74) is 2.95. The number of hydrogen-bond donors (Lipinski definition) is 1. The van der Waals surface area contributed by atoms with Gasteiger partial charge >= 0.3 is 18.4 Å². The molecule has 5 heterocycles. The predicted molar refractivity (Wildman–Crippen MR) is 186 cm³/mol. The molecule has 0 bridgehead atoms. The van der Waals surface area contributed by atoms with E-state index in [4.69, 9.17) is 9.47 Å². The van der Waals surface area contributed by atoms with Crippen LogP contribution in [0.4, 0.5) is 33.7 Å². The summed E-state index contributed by atoms with van der Waals surface area (Å²) in [6, 6.07) is 5.66. The number of benzene rings is 1. The molecule has 1 N–H and O–H groups in total. The van der Waals surface area contributed by atoms with Crippen LogP contribution in [0.15, 0.2) is 53.9 Å². The van der Waals surface area contributed by atoms with Gasteiger partial charge in [-0.2, -0.15) is 19.0 Å². The number of nitrogens with one attached hydrogen (secondary N) is 1. The lowest BCUT2D eigenvalue weighted by molar-refractivity contribution is -0.426. The molecule has 15 nitrogen and oxygen atoms in total. The molecule has 0 unspecified atom stereocenters. The number of piperidine rings is 1. The van der Waals surface area contributed by atoms with Gasteiger partial charge in [-0.05, 0) is 43.0 Å². The Hall–Kier alpha value is -4.98. The highest BCUT2D eigenvalue weighted by Crippen LogP contribution is 2.39. The number of thioether (sulfide) groups is 1. The van der Waals surface area contributed by atoms with Gasteiger partial charge in [0.1, 0.15) is 43.2 Å². The Kier molecular flexibility index (Phi) is 12.3. The number of nitrogens with zero attached hydrogens (tertiary/aromatic N) is 9. The monoisotopic (exact) mass is 763 g/mol. The highest BCUT2D eigenvalue weighted by molar-refractivity contribution is 8.00. The van der Waals surface area contributed by atoms with E-state index in [1.165, 1.54) is 53.1 Å². The number of hydrazine groups is 1. The van der Waals surface area contributed by atoms with Gasteiger partial charge in [-0.15, -0.1) is 17.2 Å². The maximum absolute atomic E-state index is 13.6. The summed E-state index contributed by atoms with van der Waals surface area (Å²) < 4.78 is 66.2. The molecule has 1 aromatic carbocycles. The lowest BCUT2D eigenvalue weighted by Crippen LogP contribution is -2.50. The fourth-order valence-electron chi connectivity index (χ4n) is 6.38. The summed E-state index contributed by atoms with van der Waals surface area (Å²) >= 11 is 0.870. The van der Waals surface area contributed by atoms with Crippen molar-refractivity contribution in [3.8, 4) is 17.0 Å². The Labute approximate surface area is 305 Å². The van der Waals surface area contributed by atoms with E-state index in [9.17, 15) is 32.1 Å². The van der Waals surface area contributed by atoms with Crippen LogP contribution in [0.2, 0.25) is 0 Å². The van der Waals surface area contributed by atoms with Crippen LogP contribution in [0.25, 0.3) is 16.9 Å². The molecule has 2 saturated heterocycles. The summed E-state index contributed by atoms with van der Waals surface area (Å²) in [5, 5.41) is 7.63. The molecule has 2 amide bonds. The van der Waals surface area contributed by atoms with Crippen molar-refractivity contribution in [3.05, 3.63) is 54.0 Å². The molecule has 2 aliphatic heterocycles. The van der Waals surface area contributed by atoms with Gasteiger partial charge in [0.25, 0.3) is 0 Å². The van der Waals surface area contributed by atoms with E-state index in [1.54, 1.807) is 22.1 Å². The van der Waals surface area contributed by atoms with Crippen molar-refractivity contribution in [2.75, 3.05) is 71.7 Å². The second kappa shape index (κ2) is 17.2. The number of ether oxygens (including phenoxy) is 2. The number of aromatic nitrogens is 5. The molecule has 53 heavy (non-hydrogen) atoms. The van der Waals surface area contributed by atoms with Crippen LogP contribution in [0.3, 0.4) is 0 Å². The summed E-state index contributed by atoms with van der Waals surface area (Å²) in [6.45, 7) is -0.754. The SMILES string of the molecule is COC(=O)N1CCN(CC2CCN(C(=O)Cn3cc(N[N+](=O)c4cnn5cccnc45)c(-c4cc(SC(CF)CF)ccc4OC(F)F)n3)CC2)CC1. The first kappa shape index (κ1) is 37.8. The van der Waals surface area contributed by atoms with E-state index >= 15 is 0 Å². The largest absolute Gasteiger partial charge is 0.453 e. The summed E-state index contributed by atoms with van der Waals surface area (Å²) in [4.78, 5) is 49.5. The highest BCUT2D eigenvalue weighted by Gasteiger charge is 2.30. The second-order valence-corrected chi connectivity index (χ2v) is 14.0. The summed E-state index contributed by atoms with van der Waals surface area (Å²) in [5.74, 6) is -0.158. The molecule has 4 aromatic rings. The van der Waals surface area contributed by atoms with E-state index < -0.39 is 25.2 Å². The molecule has 3 aromatic heterocycles. The van der Waals surface area contributed by atoms with Crippen LogP contribution < -0.4 is 10.2 Å². The van der Waals surface area contributed by atoms with Crippen molar-refractivity contribution in [1.82, 2.24) is 39.1 Å². The minimum absolute atomic E-state index is 0.0000818. The van der Waals surface area contributed by atoms with Gasteiger partial charge in [-0.1, -0.05) is 0 Å². The van der Waals surface area contributed by atoms with Gasteiger partial charge in [0.15, 0.2) is 4.87 Å². The Balaban J connectivity index is 1.20. The van der Waals surface area contributed by atoms with E-state index in [0.717, 1.165) is 44.2 Å². The van der Waals surface area contributed by atoms with Gasteiger partial charge in [-0.3, -0.25) is 14.4 Å². The number of carbonyl (C=O) groups is 2. The fraction of sp³-hybridized carbons (Fsp3) is 0.485. The van der Waals surface area contributed by atoms with Crippen LogP contribution in [-0.2, 0) is 16.1 Å². The minimum Gasteiger partial charge on any atom is -0.453 e. The maximum atomic E-state index is 13.6. The third-order valence-corrected chi connectivity index (χ3v) is 10.2. The zero-order valence-electron chi connectivity index (χ0n) is 28.8. The summed E-state index contributed by atoms with van der Waals surface area (Å²) in [7, 11) is 1.37. The molecule has 0 atom stereocenters. The number of piperazine rings is 1. The summed E-state index contributed by atoms with van der Waals surface area (Å²) in [6.07, 6.45) is 7.03. The molecule has 0 radical (unpaired) electrons. The van der Waals surface area contributed by atoms with Crippen molar-refractivity contribution in [2.24, 2.45) is 5.92 Å². The number of nitroso groups, excluding NO2 is 1. The number of carbonyl (C=O) groups excluding carboxylic acids is 2. The normalized spacial score (nSPS) is 15.8. The predicted octanol–water partition coefficient (Wildman–Crippen LogP) is 4.65. The van der Waals surface area contributed by atoms with E-state index in [-0.39, 0.29) is 52.6 Å². The highest BCUT2D eigenvalue weighted by atomic mass is 32.2. The third kappa shape index (κ3) is 9.16. The van der Waals surface area contributed by atoms with Gasteiger partial charge in [0.2, 0.25) is 11.6 Å². The average molecular weight is 764 g/mol. The number of likely N-dealkylation sites (tertiary alicyclic amines) is 1. The first-order valence-electron chi connectivity index (χ1n) is 17.0. The number of amides is 2. The molecule has 0 saturated carbocycles. The lowest BCUT2D eigenvalue weighted by atomic mass is 9.96. The van der Waals surface area contributed by atoms with E-state index in [1.807, 2.05) is 0 Å². The number of halogens is 4. The molecular formula is C33H39F4N10O5S+. The molecular weight excluding hydrogens is 724 g/mol. The Morgan fingerprint density at radius 2 is 1.83 bits per heavy atom. The molecule has 20 heteroatoms. The average Bonchev–Trinajstić information content (AvgIpc) is 3.78. The number of methoxy groups -OCH3 is 1. The van der Waals surface area contributed by atoms with Crippen LogP contribution in [-0.4, -0.2) is 134 Å². The second-order valence-electron chi connectivity index (χ2n) is 12.6. The molecule has 2 aliphatic rings. The molecule has 2 fully saturated rings. The quantitative estimate of drug-likeness (QED) is 0.0830. The lowest BCUT2D eigenvalue weighted by Gasteiger charge is -2.38. The van der Waals surface area contributed by atoms with Crippen LogP contribution >= 0.6 is 11.8 Å². The van der Waals surface area contributed by atoms with Crippen LogP contribution in [0.1, 0.15) is 12.8 Å². The molecule has 284 valence electrons. The topological polar surface area (TPSA) is 142 Å². The number of fused-ring (bicyclic) bond motifs is 1. The number of hydrogen-bond acceptors (Lipinski definition) is 10. The van der Waals surface area contributed by atoms with Gasteiger partial charge < -0.3 is 19.3 Å². The van der Waals surface area contributed by atoms with Gasteiger partial charge in [0.05, 0.1) is 23.5 Å². The first-order valence-corrected chi connectivity index (χ1v) is 17.8. The smallest absolute Gasteiger partial charge is 0.409 e. The van der Waals surface area contributed by atoms with Crippen LogP contribution in [0, 0.1) is 10.8 Å². The Bertz CT molecular complexity index is 1890. The standard InChI is InChI=1S/C33H39F4N10O5S/c1-51-33(49)44-13-11-42(12-14-44)19-22-5-9-43(10-6-22)29(48)21-45-20-26(40-47(50)27-18-39-46-8-2-7-38-31(27)46)30(41-45)25-15-23(53-24(16-34)17-35)3-4-28(25)52-32(36)37/h2-4,7-8,15,18,20,22,24,32H,5-6,9-14,16-17,19,21H2,1H3,(H,40,50)/q+1. The number of rotatable bonds is 14. The van der Waals surface area contributed by atoms with Crippen molar-refractivity contribution >= 4 is 40.8 Å². The number of alkyl halides is 4. The van der Waals surface area contributed by atoms with Crippen molar-refractivity contribution in [3.63, 3.8) is 0 Å². The third-order valence-electron chi connectivity index (χ3n) is 9.12. The maximum Gasteiger partial charge on any atom is 0.409 e. The molecule has 6 rings (SSSR count). The van der Waals surface area contributed by atoms with E-state index in [0.29, 0.717) is 41.9 Å². The molecule has 0 aliphatic carbocycles. The van der Waals surface area contributed by atoms with Crippen LogP contribution in [0.5, 0.6) is 5.75 Å². The van der Waals surface area contributed by atoms with Crippen molar-refractivity contribution in [1.29, 1.82) is 0 Å². The Morgan fingerprint density at radius 1 is 1.08 bits per heavy atom. The zero-order valence-corrected chi connectivity index (χ0v) is 29.6. The van der Waals surface area contributed by atoms with Gasteiger partial charge in [0, 0.05) is 68.7 Å². The van der Waals surface area contributed by atoms with Crippen molar-refractivity contribution in [2.45, 2.75) is 36.1 Å². The first-order chi connectivity index (χ1) is 25.6. The fourth-order valence-corrected chi connectivity index (χ4v) is 7.23. The number of anilines is 1. The zero-order chi connectivity index (χ0) is 37.5. The van der Waals surface area contributed by atoms with Crippen molar-refractivity contribution < 1.29 is 41.5 Å². The molecule has 0 spiro atoms.